The summed E-state index contributed by atoms with van der Waals surface area (Å²) in [6.45, 7) is 8.02. The number of allylic oxidation sites excluding steroid dienone is 1. The van der Waals surface area contributed by atoms with Crippen LogP contribution in [0, 0.1) is 5.92 Å². The average molecular weight is 240 g/mol. The van der Waals surface area contributed by atoms with Crippen molar-refractivity contribution in [1.29, 1.82) is 0 Å². The van der Waals surface area contributed by atoms with Gasteiger partial charge in [-0.25, -0.2) is 0 Å². The van der Waals surface area contributed by atoms with Crippen molar-refractivity contribution in [2.45, 2.75) is 65.2 Å². The SMILES string of the molecule is C=CCCCCCCCCC(C)C(=O)OCC. The predicted molar refractivity (Wildman–Crippen MR) is 72.9 cm³/mol. The van der Waals surface area contributed by atoms with Crippen LogP contribution in [0.3, 0.4) is 0 Å². The van der Waals surface area contributed by atoms with E-state index in [1.807, 2.05) is 19.9 Å². The van der Waals surface area contributed by atoms with Crippen LogP contribution in [0.5, 0.6) is 0 Å². The lowest BCUT2D eigenvalue weighted by atomic mass is 10.0. The third-order valence-corrected chi connectivity index (χ3v) is 2.98. The molecule has 0 aliphatic rings. The van der Waals surface area contributed by atoms with Crippen LogP contribution in [0.15, 0.2) is 12.7 Å². The van der Waals surface area contributed by atoms with E-state index in [-0.39, 0.29) is 11.9 Å². The summed E-state index contributed by atoms with van der Waals surface area (Å²) >= 11 is 0. The summed E-state index contributed by atoms with van der Waals surface area (Å²) in [6, 6.07) is 0. The van der Waals surface area contributed by atoms with E-state index in [0.29, 0.717) is 6.61 Å². The number of hydrogen-bond acceptors (Lipinski definition) is 2. The Bertz CT molecular complexity index is 199. The Hall–Kier alpha value is -0.790. The molecule has 100 valence electrons. The highest BCUT2D eigenvalue weighted by Crippen LogP contribution is 2.13. The minimum atomic E-state index is -0.0431. The zero-order valence-corrected chi connectivity index (χ0v) is 11.5. The Morgan fingerprint density at radius 3 is 2.35 bits per heavy atom. The highest BCUT2D eigenvalue weighted by molar-refractivity contribution is 5.71. The fourth-order valence-corrected chi connectivity index (χ4v) is 1.85. The molecular formula is C15H28O2. The number of rotatable bonds is 11. The first kappa shape index (κ1) is 16.2. The molecule has 0 rings (SSSR count). The van der Waals surface area contributed by atoms with Crippen molar-refractivity contribution in [3.05, 3.63) is 12.7 Å². The van der Waals surface area contributed by atoms with Crippen LogP contribution in [0.1, 0.15) is 65.2 Å². The van der Waals surface area contributed by atoms with Gasteiger partial charge >= 0.3 is 5.97 Å². The molecule has 0 heterocycles. The lowest BCUT2D eigenvalue weighted by Crippen LogP contribution is -2.14. The molecule has 2 nitrogen and oxygen atoms in total. The molecule has 1 atom stereocenters. The van der Waals surface area contributed by atoms with Crippen LogP contribution in [-0.2, 0) is 9.53 Å². The molecule has 17 heavy (non-hydrogen) atoms. The first-order valence-electron chi connectivity index (χ1n) is 6.99. The standard InChI is InChI=1S/C15H28O2/c1-4-6-7-8-9-10-11-12-13-14(3)15(16)17-5-2/h4,14H,1,5-13H2,2-3H3. The maximum atomic E-state index is 11.3. The highest BCUT2D eigenvalue weighted by Gasteiger charge is 2.12. The molecule has 0 fully saturated rings. The fourth-order valence-electron chi connectivity index (χ4n) is 1.85. The zero-order chi connectivity index (χ0) is 12.9. The number of ether oxygens (including phenoxy) is 1. The van der Waals surface area contributed by atoms with Gasteiger partial charge in [0.2, 0.25) is 0 Å². The largest absolute Gasteiger partial charge is 0.466 e. The molecule has 0 aromatic rings. The van der Waals surface area contributed by atoms with Gasteiger partial charge in [-0.05, 0) is 26.2 Å². The van der Waals surface area contributed by atoms with Crippen LogP contribution < -0.4 is 0 Å². The topological polar surface area (TPSA) is 26.3 Å². The van der Waals surface area contributed by atoms with E-state index in [2.05, 4.69) is 6.58 Å². The van der Waals surface area contributed by atoms with Crippen LogP contribution in [0.2, 0.25) is 0 Å². The molecule has 0 aliphatic carbocycles. The molecule has 0 N–H and O–H groups in total. The second kappa shape index (κ2) is 11.7. The Kier molecular flexibility index (Phi) is 11.1. The van der Waals surface area contributed by atoms with Crippen molar-refractivity contribution >= 4 is 5.97 Å². The average Bonchev–Trinajstić information content (AvgIpc) is 2.32. The maximum absolute atomic E-state index is 11.3. The molecular weight excluding hydrogens is 212 g/mol. The van der Waals surface area contributed by atoms with Crippen molar-refractivity contribution in [2.24, 2.45) is 5.92 Å². The summed E-state index contributed by atoms with van der Waals surface area (Å²) in [4.78, 5) is 11.3. The molecule has 0 spiro atoms. The zero-order valence-electron chi connectivity index (χ0n) is 11.5. The Labute approximate surface area is 106 Å². The second-order valence-electron chi connectivity index (χ2n) is 4.64. The molecule has 0 bridgehead atoms. The number of carbonyl (C=O) groups excluding carboxylic acids is 1. The van der Waals surface area contributed by atoms with Gasteiger partial charge in [0, 0.05) is 0 Å². The molecule has 0 amide bonds. The van der Waals surface area contributed by atoms with Gasteiger partial charge in [-0.1, -0.05) is 45.1 Å². The minimum absolute atomic E-state index is 0.0431. The number of carbonyl (C=O) groups is 1. The summed E-state index contributed by atoms with van der Waals surface area (Å²) in [5, 5.41) is 0. The first-order chi connectivity index (χ1) is 8.22. The van der Waals surface area contributed by atoms with E-state index in [1.54, 1.807) is 0 Å². The third kappa shape index (κ3) is 10.1. The van der Waals surface area contributed by atoms with Crippen LogP contribution in [0.4, 0.5) is 0 Å². The van der Waals surface area contributed by atoms with Gasteiger partial charge in [-0.2, -0.15) is 0 Å². The smallest absolute Gasteiger partial charge is 0.308 e. The van der Waals surface area contributed by atoms with Gasteiger partial charge in [0.25, 0.3) is 0 Å². The maximum Gasteiger partial charge on any atom is 0.308 e. The second-order valence-corrected chi connectivity index (χ2v) is 4.64. The van der Waals surface area contributed by atoms with Crippen molar-refractivity contribution in [2.75, 3.05) is 6.61 Å². The summed E-state index contributed by atoms with van der Waals surface area (Å²) in [5.41, 5.74) is 0. The van der Waals surface area contributed by atoms with Gasteiger partial charge in [-0.3, -0.25) is 4.79 Å². The van der Waals surface area contributed by atoms with E-state index in [9.17, 15) is 4.79 Å². The van der Waals surface area contributed by atoms with Crippen molar-refractivity contribution in [1.82, 2.24) is 0 Å². The molecule has 0 aliphatic heterocycles. The molecule has 0 radical (unpaired) electrons. The van der Waals surface area contributed by atoms with E-state index in [1.165, 1.54) is 32.1 Å². The van der Waals surface area contributed by atoms with E-state index >= 15 is 0 Å². The lowest BCUT2D eigenvalue weighted by molar-refractivity contribution is -0.147. The summed E-state index contributed by atoms with van der Waals surface area (Å²) in [5.74, 6) is 0.0224. The minimum Gasteiger partial charge on any atom is -0.466 e. The van der Waals surface area contributed by atoms with Crippen molar-refractivity contribution in [3.8, 4) is 0 Å². The van der Waals surface area contributed by atoms with Gasteiger partial charge in [-0.15, -0.1) is 6.58 Å². The Morgan fingerprint density at radius 2 is 1.76 bits per heavy atom. The quantitative estimate of drug-likeness (QED) is 0.302. The van der Waals surface area contributed by atoms with Crippen LogP contribution >= 0.6 is 0 Å². The lowest BCUT2D eigenvalue weighted by Gasteiger charge is -2.09. The first-order valence-corrected chi connectivity index (χ1v) is 6.99. The summed E-state index contributed by atoms with van der Waals surface area (Å²) < 4.78 is 4.98. The molecule has 1 unspecified atom stereocenters. The van der Waals surface area contributed by atoms with E-state index < -0.39 is 0 Å². The van der Waals surface area contributed by atoms with Gasteiger partial charge in [0.1, 0.15) is 0 Å². The van der Waals surface area contributed by atoms with E-state index in [0.717, 1.165) is 19.3 Å². The van der Waals surface area contributed by atoms with E-state index in [4.69, 9.17) is 4.74 Å². The van der Waals surface area contributed by atoms with Gasteiger partial charge < -0.3 is 4.74 Å². The van der Waals surface area contributed by atoms with Gasteiger partial charge in [0.05, 0.1) is 12.5 Å². The predicted octanol–water partition coefficient (Wildman–Crippen LogP) is 4.49. The highest BCUT2D eigenvalue weighted by atomic mass is 16.5. The number of hydrogen-bond donors (Lipinski definition) is 0. The third-order valence-electron chi connectivity index (χ3n) is 2.98. The van der Waals surface area contributed by atoms with Crippen LogP contribution in [0.25, 0.3) is 0 Å². The number of esters is 1. The van der Waals surface area contributed by atoms with Crippen molar-refractivity contribution < 1.29 is 9.53 Å². The van der Waals surface area contributed by atoms with Crippen molar-refractivity contribution in [3.63, 3.8) is 0 Å². The summed E-state index contributed by atoms with van der Waals surface area (Å²) in [6.07, 6.45) is 11.6. The van der Waals surface area contributed by atoms with Gasteiger partial charge in [0.15, 0.2) is 0 Å². The monoisotopic (exact) mass is 240 g/mol. The molecule has 0 aromatic heterocycles. The molecule has 0 saturated heterocycles. The Balaban J connectivity index is 3.27. The molecule has 0 saturated carbocycles. The fraction of sp³-hybridized carbons (Fsp3) is 0.800. The Morgan fingerprint density at radius 1 is 1.18 bits per heavy atom. The number of unbranched alkanes of at least 4 members (excludes halogenated alkanes) is 6. The molecule has 0 aromatic carbocycles. The summed E-state index contributed by atoms with van der Waals surface area (Å²) in [7, 11) is 0. The normalized spacial score (nSPS) is 12.1. The molecule has 2 heteroatoms. The van der Waals surface area contributed by atoms with Crippen LogP contribution in [-0.4, -0.2) is 12.6 Å².